The van der Waals surface area contributed by atoms with Crippen LogP contribution in [0, 0.1) is 6.92 Å². The predicted molar refractivity (Wildman–Crippen MR) is 136 cm³/mol. The Morgan fingerprint density at radius 3 is 2.24 bits per heavy atom. The summed E-state index contributed by atoms with van der Waals surface area (Å²) >= 11 is 0. The first-order valence-corrected chi connectivity index (χ1v) is 11.3. The van der Waals surface area contributed by atoms with Gasteiger partial charge in [0, 0.05) is 19.7 Å². The molecule has 1 aliphatic rings. The van der Waals surface area contributed by atoms with Crippen molar-refractivity contribution in [3.05, 3.63) is 117 Å². The van der Waals surface area contributed by atoms with E-state index in [0.29, 0.717) is 10.9 Å². The zero-order valence-electron chi connectivity index (χ0n) is 19.2. The number of nitrogens with zero attached hydrogens (tertiary/aromatic N) is 3. The summed E-state index contributed by atoms with van der Waals surface area (Å²) in [5.41, 5.74) is 6.74. The van der Waals surface area contributed by atoms with Crippen LogP contribution in [0.1, 0.15) is 22.9 Å². The lowest BCUT2D eigenvalue weighted by Crippen LogP contribution is -2.37. The van der Waals surface area contributed by atoms with Crippen LogP contribution < -0.4 is 16.6 Å². The van der Waals surface area contributed by atoms with E-state index in [4.69, 9.17) is 0 Å². The van der Waals surface area contributed by atoms with E-state index < -0.39 is 0 Å². The zero-order chi connectivity index (χ0) is 23.6. The molecule has 6 rings (SSSR count). The molecule has 1 aliphatic heterocycles. The van der Waals surface area contributed by atoms with Crippen LogP contribution in [0.4, 0.5) is 5.69 Å². The summed E-state index contributed by atoms with van der Waals surface area (Å²) in [5.74, 6) is 0. The van der Waals surface area contributed by atoms with E-state index in [1.54, 1.807) is 18.7 Å². The molecule has 168 valence electrons. The van der Waals surface area contributed by atoms with Crippen molar-refractivity contribution in [2.45, 2.75) is 13.0 Å². The van der Waals surface area contributed by atoms with Crippen LogP contribution in [-0.2, 0) is 14.1 Å². The van der Waals surface area contributed by atoms with Gasteiger partial charge in [-0.3, -0.25) is 13.9 Å². The monoisotopic (exact) mass is 448 g/mol. The molecule has 0 aliphatic carbocycles. The number of fused-ring (bicyclic) bond motifs is 5. The van der Waals surface area contributed by atoms with Gasteiger partial charge in [-0.15, -0.1) is 0 Å². The minimum absolute atomic E-state index is 0.242. The van der Waals surface area contributed by atoms with Crippen LogP contribution in [0.25, 0.3) is 27.8 Å². The zero-order valence-corrected chi connectivity index (χ0v) is 19.2. The second kappa shape index (κ2) is 7.35. The Morgan fingerprint density at radius 1 is 0.794 bits per heavy atom. The highest BCUT2D eigenvalue weighted by atomic mass is 16.2. The molecule has 0 radical (unpaired) electrons. The van der Waals surface area contributed by atoms with Gasteiger partial charge in [-0.2, -0.15) is 0 Å². The van der Waals surface area contributed by atoms with Crippen LogP contribution in [0.3, 0.4) is 0 Å². The van der Waals surface area contributed by atoms with Crippen LogP contribution in [0.5, 0.6) is 0 Å². The van der Waals surface area contributed by atoms with Crippen molar-refractivity contribution in [2.24, 2.45) is 14.1 Å². The van der Waals surface area contributed by atoms with Gasteiger partial charge in [0.2, 0.25) is 0 Å². The Balaban J connectivity index is 1.90. The molecule has 0 saturated heterocycles. The lowest BCUT2D eigenvalue weighted by Gasteiger charge is -2.31. The molecule has 0 fully saturated rings. The van der Waals surface area contributed by atoms with Crippen LogP contribution in [-0.4, -0.2) is 13.7 Å². The average molecular weight is 449 g/mol. The molecule has 0 bridgehead atoms. The fraction of sp³-hybridized carbons (Fsp3) is 0.143. The average Bonchev–Trinajstić information content (AvgIpc) is 3.23. The molecule has 0 amide bonds. The van der Waals surface area contributed by atoms with Gasteiger partial charge in [0.15, 0.2) is 0 Å². The smallest absolute Gasteiger partial charge is 0.331 e. The van der Waals surface area contributed by atoms with Gasteiger partial charge >= 0.3 is 5.69 Å². The van der Waals surface area contributed by atoms with E-state index >= 15 is 0 Å². The Labute approximate surface area is 196 Å². The van der Waals surface area contributed by atoms with Crippen LogP contribution in [0.15, 0.2) is 88.5 Å². The van der Waals surface area contributed by atoms with Gasteiger partial charge in [0.1, 0.15) is 0 Å². The Kier molecular flexibility index (Phi) is 4.39. The molecule has 6 nitrogen and oxygen atoms in total. The first-order chi connectivity index (χ1) is 16.5. The summed E-state index contributed by atoms with van der Waals surface area (Å²) in [6, 6.07) is 26.1. The first kappa shape index (κ1) is 20.3. The van der Waals surface area contributed by atoms with E-state index in [1.807, 2.05) is 48.5 Å². The van der Waals surface area contributed by atoms with Crippen molar-refractivity contribution in [1.29, 1.82) is 0 Å². The molecule has 1 N–H and O–H groups in total. The van der Waals surface area contributed by atoms with Crippen molar-refractivity contribution in [2.75, 3.05) is 5.32 Å². The van der Waals surface area contributed by atoms with E-state index in [9.17, 15) is 9.59 Å². The summed E-state index contributed by atoms with van der Waals surface area (Å²) < 4.78 is 4.99. The number of anilines is 1. The van der Waals surface area contributed by atoms with Crippen molar-refractivity contribution in [1.82, 2.24) is 13.7 Å². The van der Waals surface area contributed by atoms with E-state index in [2.05, 4.69) is 47.1 Å². The van der Waals surface area contributed by atoms with Crippen molar-refractivity contribution in [3.8, 4) is 16.9 Å². The fourth-order valence-corrected chi connectivity index (χ4v) is 5.21. The van der Waals surface area contributed by atoms with Crippen molar-refractivity contribution in [3.63, 3.8) is 0 Å². The number of benzene rings is 3. The first-order valence-electron chi connectivity index (χ1n) is 11.3. The largest absolute Gasteiger partial charge is 0.371 e. The number of hydrogen-bond donors (Lipinski definition) is 1. The van der Waals surface area contributed by atoms with Crippen molar-refractivity contribution >= 4 is 16.6 Å². The van der Waals surface area contributed by atoms with Gasteiger partial charge in [0.05, 0.1) is 39.7 Å². The summed E-state index contributed by atoms with van der Waals surface area (Å²) in [4.78, 5) is 26.8. The predicted octanol–water partition coefficient (Wildman–Crippen LogP) is 4.52. The van der Waals surface area contributed by atoms with Crippen molar-refractivity contribution < 1.29 is 0 Å². The summed E-state index contributed by atoms with van der Waals surface area (Å²) in [5, 5.41) is 4.23. The molecule has 3 aromatic carbocycles. The van der Waals surface area contributed by atoms with E-state index in [1.165, 1.54) is 4.57 Å². The Bertz CT molecular complexity index is 1710. The third-order valence-corrected chi connectivity index (χ3v) is 6.86. The van der Waals surface area contributed by atoms with Crippen LogP contribution in [0.2, 0.25) is 0 Å². The quantitative estimate of drug-likeness (QED) is 0.432. The highest BCUT2D eigenvalue weighted by Crippen LogP contribution is 2.45. The molecule has 5 aromatic rings. The topological polar surface area (TPSA) is 61.0 Å². The molecule has 3 heterocycles. The molecule has 0 saturated carbocycles. The number of nitrogens with one attached hydrogen (secondary N) is 1. The maximum Gasteiger partial charge on any atom is 0.331 e. The standard InChI is InChI=1S/C28H24N4O2/c1-17-11-7-8-14-19(17)24-22-25(30(2)28(34)31(3)27(22)33)26-23(18-12-5-4-6-13-18)29-20-15-9-10-16-21(20)32(24)26/h4-16,23,29H,1-3H3. The van der Waals surface area contributed by atoms with Gasteiger partial charge in [-0.05, 0) is 30.2 Å². The Morgan fingerprint density at radius 2 is 1.47 bits per heavy atom. The SMILES string of the molecule is Cc1ccccc1-c1c2c(=O)n(C)c(=O)n(C)c2c2n1-c1ccccc1NC2c1ccccc1. The third-order valence-electron chi connectivity index (χ3n) is 6.86. The summed E-state index contributed by atoms with van der Waals surface area (Å²) in [6.45, 7) is 2.05. The number of aromatic nitrogens is 3. The minimum Gasteiger partial charge on any atom is -0.371 e. The second-order valence-electron chi connectivity index (χ2n) is 8.82. The lowest BCUT2D eigenvalue weighted by atomic mass is 9.99. The molecule has 1 unspecified atom stereocenters. The normalized spacial score (nSPS) is 14.5. The van der Waals surface area contributed by atoms with Gasteiger partial charge in [0.25, 0.3) is 5.56 Å². The van der Waals surface area contributed by atoms with Gasteiger partial charge < -0.3 is 9.88 Å². The van der Waals surface area contributed by atoms with Gasteiger partial charge in [-0.25, -0.2) is 4.79 Å². The van der Waals surface area contributed by atoms with Crippen LogP contribution >= 0.6 is 0 Å². The summed E-state index contributed by atoms with van der Waals surface area (Å²) in [6.07, 6.45) is 0. The number of hydrogen-bond acceptors (Lipinski definition) is 3. The molecule has 0 spiro atoms. The third kappa shape index (κ3) is 2.68. The molecule has 6 heteroatoms. The molecule has 34 heavy (non-hydrogen) atoms. The second-order valence-corrected chi connectivity index (χ2v) is 8.82. The number of aryl methyl sites for hydroxylation is 2. The lowest BCUT2D eigenvalue weighted by molar-refractivity contribution is 0.708. The van der Waals surface area contributed by atoms with Gasteiger partial charge in [-0.1, -0.05) is 66.7 Å². The molecular formula is C28H24N4O2. The Hall–Kier alpha value is -4.32. The number of rotatable bonds is 2. The van der Waals surface area contributed by atoms with E-state index in [-0.39, 0.29) is 17.3 Å². The molecule has 1 atom stereocenters. The molecular weight excluding hydrogens is 424 g/mol. The highest BCUT2D eigenvalue weighted by Gasteiger charge is 2.34. The maximum atomic E-state index is 13.7. The number of para-hydroxylation sites is 2. The fourth-order valence-electron chi connectivity index (χ4n) is 5.21. The van der Waals surface area contributed by atoms with E-state index in [0.717, 1.165) is 39.5 Å². The summed E-state index contributed by atoms with van der Waals surface area (Å²) in [7, 11) is 3.29. The highest BCUT2D eigenvalue weighted by molar-refractivity contribution is 5.99. The maximum absolute atomic E-state index is 13.7. The molecule has 2 aromatic heterocycles. The minimum atomic E-state index is -0.340.